The Morgan fingerprint density at radius 2 is 1.12 bits per heavy atom. The highest BCUT2D eigenvalue weighted by molar-refractivity contribution is 6.10. The number of carbonyl (C=O) groups excluding carboxylic acids is 2. The largest absolute Gasteiger partial charge is 0.298 e. The SMILES string of the molecule is C=C(CN(C)CC(=C)C(=O)c1ccccc1C)C(=O)c1ccccc1C. The number of likely N-dealkylation sites (N-methyl/N-ethyl adjacent to an activating group) is 1. The second-order valence-electron chi connectivity index (χ2n) is 6.67. The molecule has 0 unspecified atom stereocenters. The minimum Gasteiger partial charge on any atom is -0.298 e. The summed E-state index contributed by atoms with van der Waals surface area (Å²) in [5.74, 6) is -0.128. The first-order valence-corrected chi connectivity index (χ1v) is 8.56. The third-order valence-corrected chi connectivity index (χ3v) is 4.34. The standard InChI is InChI=1S/C23H25NO2/c1-16-10-6-8-12-20(16)22(25)18(3)14-24(5)15-19(4)23(26)21-13-9-7-11-17(21)2/h6-13H,3-4,14-15H2,1-2,5H3. The van der Waals surface area contributed by atoms with Gasteiger partial charge in [-0.25, -0.2) is 0 Å². The third kappa shape index (κ3) is 4.64. The lowest BCUT2D eigenvalue weighted by Crippen LogP contribution is -2.28. The lowest BCUT2D eigenvalue weighted by molar-refractivity contribution is 0.102. The van der Waals surface area contributed by atoms with Crippen molar-refractivity contribution in [3.63, 3.8) is 0 Å². The van der Waals surface area contributed by atoms with Crippen molar-refractivity contribution in [2.75, 3.05) is 20.1 Å². The second-order valence-corrected chi connectivity index (χ2v) is 6.67. The summed E-state index contributed by atoms with van der Waals surface area (Å²) in [6.45, 7) is 12.4. The molecule has 3 nitrogen and oxygen atoms in total. The molecule has 0 amide bonds. The molecule has 0 aliphatic carbocycles. The Bertz CT molecular complexity index is 793. The predicted octanol–water partition coefficient (Wildman–Crippen LogP) is 4.41. The fourth-order valence-corrected chi connectivity index (χ4v) is 2.89. The van der Waals surface area contributed by atoms with Gasteiger partial charge in [-0.3, -0.25) is 14.5 Å². The van der Waals surface area contributed by atoms with Crippen LogP contribution in [0.5, 0.6) is 0 Å². The number of aryl methyl sites for hydroxylation is 2. The van der Waals surface area contributed by atoms with Crippen LogP contribution in [0.3, 0.4) is 0 Å². The number of hydrogen-bond acceptors (Lipinski definition) is 3. The van der Waals surface area contributed by atoms with Crippen molar-refractivity contribution < 1.29 is 9.59 Å². The maximum Gasteiger partial charge on any atom is 0.189 e. The van der Waals surface area contributed by atoms with Crippen molar-refractivity contribution in [2.45, 2.75) is 13.8 Å². The Morgan fingerprint density at radius 3 is 1.46 bits per heavy atom. The molecule has 3 heteroatoms. The molecule has 0 N–H and O–H groups in total. The van der Waals surface area contributed by atoms with Gasteiger partial charge in [0.15, 0.2) is 11.6 Å². The lowest BCUT2D eigenvalue weighted by Gasteiger charge is -2.19. The molecule has 26 heavy (non-hydrogen) atoms. The van der Waals surface area contributed by atoms with Crippen LogP contribution < -0.4 is 0 Å². The van der Waals surface area contributed by atoms with Gasteiger partial charge in [0.25, 0.3) is 0 Å². The average Bonchev–Trinajstić information content (AvgIpc) is 2.61. The quantitative estimate of drug-likeness (QED) is 0.524. The number of Topliss-reactive ketones (excluding diaryl/α,β-unsaturated/α-hetero) is 2. The highest BCUT2D eigenvalue weighted by atomic mass is 16.1. The molecule has 0 bridgehead atoms. The highest BCUT2D eigenvalue weighted by Crippen LogP contribution is 2.15. The van der Waals surface area contributed by atoms with E-state index in [0.717, 1.165) is 11.1 Å². The van der Waals surface area contributed by atoms with Gasteiger partial charge in [-0.05, 0) is 32.0 Å². The van der Waals surface area contributed by atoms with E-state index in [9.17, 15) is 9.59 Å². The van der Waals surface area contributed by atoms with Gasteiger partial charge >= 0.3 is 0 Å². The first-order valence-electron chi connectivity index (χ1n) is 8.56. The Hall–Kier alpha value is -2.78. The van der Waals surface area contributed by atoms with E-state index in [1.807, 2.05) is 74.3 Å². The predicted molar refractivity (Wildman–Crippen MR) is 107 cm³/mol. The normalized spacial score (nSPS) is 10.6. The fraction of sp³-hybridized carbons (Fsp3) is 0.217. The van der Waals surface area contributed by atoms with Gasteiger partial charge in [0.2, 0.25) is 0 Å². The van der Waals surface area contributed by atoms with Gasteiger partial charge in [0, 0.05) is 35.4 Å². The highest BCUT2D eigenvalue weighted by Gasteiger charge is 2.17. The van der Waals surface area contributed by atoms with E-state index in [0.29, 0.717) is 35.4 Å². The van der Waals surface area contributed by atoms with E-state index in [4.69, 9.17) is 0 Å². The lowest BCUT2D eigenvalue weighted by atomic mass is 9.98. The summed E-state index contributed by atoms with van der Waals surface area (Å²) in [7, 11) is 1.85. The minimum atomic E-state index is -0.0641. The Kier molecular flexibility index (Phi) is 6.42. The molecule has 134 valence electrons. The zero-order valence-electron chi connectivity index (χ0n) is 15.7. The van der Waals surface area contributed by atoms with Gasteiger partial charge < -0.3 is 0 Å². The summed E-state index contributed by atoms with van der Waals surface area (Å²) < 4.78 is 0. The summed E-state index contributed by atoms with van der Waals surface area (Å²) in [6, 6.07) is 14.9. The third-order valence-electron chi connectivity index (χ3n) is 4.34. The molecule has 0 aliphatic heterocycles. The summed E-state index contributed by atoms with van der Waals surface area (Å²) in [4.78, 5) is 27.0. The van der Waals surface area contributed by atoms with Crippen molar-refractivity contribution in [3.05, 3.63) is 95.1 Å². The monoisotopic (exact) mass is 347 g/mol. The van der Waals surface area contributed by atoms with Crippen LogP contribution in [0.25, 0.3) is 0 Å². The molecule has 0 radical (unpaired) electrons. The molecule has 0 fully saturated rings. The zero-order chi connectivity index (χ0) is 19.3. The summed E-state index contributed by atoms with van der Waals surface area (Å²) in [5, 5.41) is 0. The fourth-order valence-electron chi connectivity index (χ4n) is 2.89. The number of hydrogen-bond donors (Lipinski definition) is 0. The first kappa shape index (κ1) is 19.5. The molecule has 0 aromatic heterocycles. The molecule has 0 atom stereocenters. The van der Waals surface area contributed by atoms with Gasteiger partial charge in [-0.1, -0.05) is 61.7 Å². The van der Waals surface area contributed by atoms with Gasteiger partial charge in [-0.2, -0.15) is 0 Å². The number of ketones is 2. The summed E-state index contributed by atoms with van der Waals surface area (Å²) in [5.41, 5.74) is 4.19. The number of carbonyl (C=O) groups is 2. The molecule has 0 heterocycles. The minimum absolute atomic E-state index is 0.0641. The Morgan fingerprint density at radius 1 is 0.769 bits per heavy atom. The molecule has 2 aromatic carbocycles. The molecule has 0 aliphatic rings. The molecular weight excluding hydrogens is 322 g/mol. The molecule has 0 saturated carbocycles. The molecule has 2 rings (SSSR count). The van der Waals surface area contributed by atoms with Crippen molar-refractivity contribution in [1.82, 2.24) is 4.90 Å². The van der Waals surface area contributed by atoms with Crippen molar-refractivity contribution in [2.24, 2.45) is 0 Å². The van der Waals surface area contributed by atoms with Crippen LogP contribution in [0.1, 0.15) is 31.8 Å². The number of rotatable bonds is 8. The molecule has 0 saturated heterocycles. The maximum atomic E-state index is 12.6. The van der Waals surface area contributed by atoms with Crippen LogP contribution in [-0.4, -0.2) is 36.6 Å². The van der Waals surface area contributed by atoms with E-state index < -0.39 is 0 Å². The van der Waals surface area contributed by atoms with Crippen molar-refractivity contribution in [3.8, 4) is 0 Å². The van der Waals surface area contributed by atoms with Gasteiger partial charge in [0.1, 0.15) is 0 Å². The van der Waals surface area contributed by atoms with Crippen LogP contribution in [0.4, 0.5) is 0 Å². The van der Waals surface area contributed by atoms with Crippen molar-refractivity contribution >= 4 is 11.6 Å². The smallest absolute Gasteiger partial charge is 0.189 e. The van der Waals surface area contributed by atoms with Crippen LogP contribution in [0.2, 0.25) is 0 Å². The van der Waals surface area contributed by atoms with Crippen LogP contribution in [-0.2, 0) is 0 Å². The van der Waals surface area contributed by atoms with E-state index in [-0.39, 0.29) is 11.6 Å². The zero-order valence-corrected chi connectivity index (χ0v) is 15.7. The summed E-state index contributed by atoms with van der Waals surface area (Å²) in [6.07, 6.45) is 0. The first-order chi connectivity index (χ1) is 12.3. The molecule has 2 aromatic rings. The number of benzene rings is 2. The van der Waals surface area contributed by atoms with E-state index in [1.54, 1.807) is 0 Å². The van der Waals surface area contributed by atoms with Crippen LogP contribution >= 0.6 is 0 Å². The number of nitrogens with zero attached hydrogens (tertiary/aromatic N) is 1. The average molecular weight is 347 g/mol. The molecular formula is C23H25NO2. The second kappa shape index (κ2) is 8.54. The summed E-state index contributed by atoms with van der Waals surface area (Å²) >= 11 is 0. The van der Waals surface area contributed by atoms with Crippen molar-refractivity contribution in [1.29, 1.82) is 0 Å². The Labute approximate surface area is 155 Å². The van der Waals surface area contributed by atoms with Gasteiger partial charge in [0.05, 0.1) is 0 Å². The maximum absolute atomic E-state index is 12.6. The topological polar surface area (TPSA) is 37.4 Å². The van der Waals surface area contributed by atoms with E-state index in [1.165, 1.54) is 0 Å². The van der Waals surface area contributed by atoms with Gasteiger partial charge in [-0.15, -0.1) is 0 Å². The van der Waals surface area contributed by atoms with E-state index in [2.05, 4.69) is 13.2 Å². The van der Waals surface area contributed by atoms with Crippen LogP contribution in [0.15, 0.2) is 72.8 Å². The molecule has 0 spiro atoms. The van der Waals surface area contributed by atoms with Crippen LogP contribution in [0, 0.1) is 13.8 Å². The van der Waals surface area contributed by atoms with E-state index >= 15 is 0 Å². The Balaban J connectivity index is 1.98.